The van der Waals surface area contributed by atoms with E-state index in [0.29, 0.717) is 11.3 Å². The smallest absolute Gasteiger partial charge is 0.339 e. The van der Waals surface area contributed by atoms with Crippen LogP contribution in [0, 0.1) is 0 Å². The zero-order valence-corrected chi connectivity index (χ0v) is 9.90. The van der Waals surface area contributed by atoms with Gasteiger partial charge in [0.2, 0.25) is 0 Å². The van der Waals surface area contributed by atoms with Crippen LogP contribution in [0.5, 0.6) is 0 Å². The highest BCUT2D eigenvalue weighted by Crippen LogP contribution is 2.25. The number of carbonyl (C=O) groups is 1. The van der Waals surface area contributed by atoms with E-state index in [-0.39, 0.29) is 11.5 Å². The van der Waals surface area contributed by atoms with Crippen LogP contribution in [-0.2, 0) is 5.41 Å². The van der Waals surface area contributed by atoms with Gasteiger partial charge in [-0.05, 0) is 13.8 Å². The van der Waals surface area contributed by atoms with Gasteiger partial charge < -0.3 is 5.11 Å². The van der Waals surface area contributed by atoms with E-state index in [0.717, 1.165) is 0 Å². The minimum Gasteiger partial charge on any atom is -0.478 e. The first-order chi connectivity index (χ1) is 6.73. The monoisotopic (exact) mass is 210 g/mol. The summed E-state index contributed by atoms with van der Waals surface area (Å²) in [5, 5.41) is 13.4. The second-order valence-corrected chi connectivity index (χ2v) is 5.02. The number of rotatable bonds is 2. The van der Waals surface area contributed by atoms with E-state index in [1.165, 1.54) is 0 Å². The molecule has 0 aromatic carbocycles. The number of carboxylic acid groups (broad SMARTS) is 1. The van der Waals surface area contributed by atoms with Crippen LogP contribution in [0.1, 0.15) is 56.7 Å². The van der Waals surface area contributed by atoms with Crippen molar-refractivity contribution >= 4 is 5.97 Å². The third-order valence-corrected chi connectivity index (χ3v) is 2.20. The normalized spacial score (nSPS) is 12.1. The summed E-state index contributed by atoms with van der Waals surface area (Å²) < 4.78 is 1.70. The van der Waals surface area contributed by atoms with Gasteiger partial charge in [0.1, 0.15) is 5.56 Å². The second-order valence-electron chi connectivity index (χ2n) is 5.02. The standard InChI is InChI=1S/C11H18N2O2/c1-7(2)13-6-8(10(14)15)9(12-13)11(3,4)5/h6-7H,1-5H3,(H,14,15). The van der Waals surface area contributed by atoms with Crippen LogP contribution >= 0.6 is 0 Å². The summed E-state index contributed by atoms with van der Waals surface area (Å²) in [6.45, 7) is 9.85. The van der Waals surface area contributed by atoms with Crippen LogP contribution in [0.2, 0.25) is 0 Å². The zero-order valence-electron chi connectivity index (χ0n) is 9.90. The topological polar surface area (TPSA) is 55.1 Å². The highest BCUT2D eigenvalue weighted by Gasteiger charge is 2.26. The maximum Gasteiger partial charge on any atom is 0.339 e. The maximum absolute atomic E-state index is 11.1. The number of aromatic nitrogens is 2. The van der Waals surface area contributed by atoms with Gasteiger partial charge in [-0.1, -0.05) is 20.8 Å². The Balaban J connectivity index is 3.30. The van der Waals surface area contributed by atoms with Crippen LogP contribution in [0.15, 0.2) is 6.20 Å². The van der Waals surface area contributed by atoms with Crippen LogP contribution in [0.25, 0.3) is 0 Å². The van der Waals surface area contributed by atoms with Gasteiger partial charge in [-0.3, -0.25) is 4.68 Å². The van der Waals surface area contributed by atoms with E-state index >= 15 is 0 Å². The van der Waals surface area contributed by atoms with Crippen molar-refractivity contribution in [1.82, 2.24) is 9.78 Å². The summed E-state index contributed by atoms with van der Waals surface area (Å²) >= 11 is 0. The van der Waals surface area contributed by atoms with Crippen molar-refractivity contribution in [3.8, 4) is 0 Å². The van der Waals surface area contributed by atoms with Gasteiger partial charge in [-0.2, -0.15) is 5.10 Å². The summed E-state index contributed by atoms with van der Waals surface area (Å²) in [4.78, 5) is 11.1. The molecule has 0 fully saturated rings. The number of hydrogen-bond donors (Lipinski definition) is 1. The van der Waals surface area contributed by atoms with Crippen molar-refractivity contribution in [2.75, 3.05) is 0 Å². The third kappa shape index (κ3) is 2.37. The van der Waals surface area contributed by atoms with Crippen molar-refractivity contribution in [1.29, 1.82) is 0 Å². The lowest BCUT2D eigenvalue weighted by Crippen LogP contribution is -2.17. The molecule has 1 aromatic heterocycles. The fourth-order valence-corrected chi connectivity index (χ4v) is 1.37. The van der Waals surface area contributed by atoms with Crippen molar-refractivity contribution in [3.63, 3.8) is 0 Å². The molecule has 84 valence electrons. The van der Waals surface area contributed by atoms with E-state index in [1.807, 2.05) is 34.6 Å². The van der Waals surface area contributed by atoms with Crippen LogP contribution in [-0.4, -0.2) is 20.9 Å². The quantitative estimate of drug-likeness (QED) is 0.815. The van der Waals surface area contributed by atoms with Gasteiger partial charge in [0.05, 0.1) is 5.69 Å². The minimum atomic E-state index is -0.910. The molecule has 0 saturated carbocycles. The molecule has 0 aliphatic heterocycles. The Hall–Kier alpha value is -1.32. The largest absolute Gasteiger partial charge is 0.478 e. The lowest BCUT2D eigenvalue weighted by Gasteiger charge is -2.16. The minimum absolute atomic E-state index is 0.180. The first-order valence-electron chi connectivity index (χ1n) is 5.06. The molecule has 0 atom stereocenters. The Kier molecular flexibility index (Phi) is 2.88. The first-order valence-corrected chi connectivity index (χ1v) is 5.06. The predicted molar refractivity (Wildman–Crippen MR) is 58.3 cm³/mol. The molecule has 0 aliphatic rings. The Morgan fingerprint density at radius 2 is 2.00 bits per heavy atom. The Morgan fingerprint density at radius 3 is 2.27 bits per heavy atom. The SMILES string of the molecule is CC(C)n1cc(C(=O)O)c(C(C)(C)C)n1. The maximum atomic E-state index is 11.1. The van der Waals surface area contributed by atoms with Gasteiger partial charge in [-0.15, -0.1) is 0 Å². The van der Waals surface area contributed by atoms with Gasteiger partial charge in [0.25, 0.3) is 0 Å². The Morgan fingerprint density at radius 1 is 1.47 bits per heavy atom. The van der Waals surface area contributed by atoms with E-state index in [1.54, 1.807) is 10.9 Å². The molecule has 0 amide bonds. The molecule has 4 nitrogen and oxygen atoms in total. The van der Waals surface area contributed by atoms with E-state index in [2.05, 4.69) is 5.10 Å². The third-order valence-electron chi connectivity index (χ3n) is 2.20. The molecule has 1 aromatic rings. The highest BCUT2D eigenvalue weighted by molar-refractivity contribution is 5.89. The zero-order chi connectivity index (χ0) is 11.8. The molecule has 0 aliphatic carbocycles. The van der Waals surface area contributed by atoms with Crippen molar-refractivity contribution in [2.45, 2.75) is 46.1 Å². The molecule has 0 saturated heterocycles. The summed E-state index contributed by atoms with van der Waals surface area (Å²) in [5.74, 6) is -0.910. The molecular formula is C11H18N2O2. The molecule has 4 heteroatoms. The lowest BCUT2D eigenvalue weighted by atomic mass is 9.90. The van der Waals surface area contributed by atoms with Gasteiger partial charge >= 0.3 is 5.97 Å². The molecule has 1 rings (SSSR count). The number of nitrogens with zero attached hydrogens (tertiary/aromatic N) is 2. The number of hydrogen-bond acceptors (Lipinski definition) is 2. The van der Waals surface area contributed by atoms with E-state index in [9.17, 15) is 4.79 Å². The number of carboxylic acids is 1. The van der Waals surface area contributed by atoms with Crippen molar-refractivity contribution in [2.24, 2.45) is 0 Å². The van der Waals surface area contributed by atoms with Gasteiger partial charge in [-0.25, -0.2) is 4.79 Å². The highest BCUT2D eigenvalue weighted by atomic mass is 16.4. The van der Waals surface area contributed by atoms with E-state index < -0.39 is 5.97 Å². The summed E-state index contributed by atoms with van der Waals surface area (Å²) in [5.41, 5.74) is 0.702. The molecule has 1 heterocycles. The first kappa shape index (κ1) is 11.8. The van der Waals surface area contributed by atoms with Crippen molar-refractivity contribution in [3.05, 3.63) is 17.5 Å². The molecule has 15 heavy (non-hydrogen) atoms. The average Bonchev–Trinajstić information content (AvgIpc) is 2.45. The molecule has 0 unspecified atom stereocenters. The van der Waals surface area contributed by atoms with Crippen molar-refractivity contribution < 1.29 is 9.90 Å². The van der Waals surface area contributed by atoms with E-state index in [4.69, 9.17) is 5.11 Å². The van der Waals surface area contributed by atoms with Gasteiger partial charge in [0.15, 0.2) is 0 Å². The van der Waals surface area contributed by atoms with Crippen LogP contribution < -0.4 is 0 Å². The summed E-state index contributed by atoms with van der Waals surface area (Å²) in [6.07, 6.45) is 1.60. The van der Waals surface area contributed by atoms with Crippen LogP contribution in [0.3, 0.4) is 0 Å². The molecular weight excluding hydrogens is 192 g/mol. The second kappa shape index (κ2) is 3.68. The number of aromatic carboxylic acids is 1. The molecule has 0 bridgehead atoms. The predicted octanol–water partition coefficient (Wildman–Crippen LogP) is 2.46. The summed E-state index contributed by atoms with van der Waals surface area (Å²) in [6, 6.07) is 0.180. The molecule has 0 radical (unpaired) electrons. The Labute approximate surface area is 89.9 Å². The molecule has 0 spiro atoms. The van der Waals surface area contributed by atoms with Gasteiger partial charge in [0, 0.05) is 17.7 Å². The fourth-order valence-electron chi connectivity index (χ4n) is 1.37. The molecule has 1 N–H and O–H groups in total. The Bertz CT molecular complexity index is 372. The fraction of sp³-hybridized carbons (Fsp3) is 0.636. The van der Waals surface area contributed by atoms with Crippen LogP contribution in [0.4, 0.5) is 0 Å². The lowest BCUT2D eigenvalue weighted by molar-refractivity contribution is 0.0694. The average molecular weight is 210 g/mol. The summed E-state index contributed by atoms with van der Waals surface area (Å²) in [7, 11) is 0.